The van der Waals surface area contributed by atoms with E-state index in [0.717, 1.165) is 43.0 Å². The van der Waals surface area contributed by atoms with Crippen LogP contribution in [0.1, 0.15) is 16.7 Å². The third-order valence-electron chi connectivity index (χ3n) is 5.14. The molecule has 0 spiro atoms. The van der Waals surface area contributed by atoms with Crippen molar-refractivity contribution in [3.05, 3.63) is 106 Å². The van der Waals surface area contributed by atoms with Gasteiger partial charge in [0.25, 0.3) is 0 Å². The minimum absolute atomic E-state index is 0.830. The molecule has 3 aromatic carbocycles. The number of aromatic amines is 2. The van der Waals surface area contributed by atoms with Crippen LogP contribution in [0.3, 0.4) is 0 Å². The molecule has 0 radical (unpaired) electrons. The number of hydrogen-bond donors (Lipinski definition) is 2. The average Bonchev–Trinajstić information content (AvgIpc) is 3.32. The molecule has 2 aromatic heterocycles. The molecule has 0 atom stereocenters. The molecule has 0 aliphatic rings. The summed E-state index contributed by atoms with van der Waals surface area (Å²) in [7, 11) is 0. The lowest BCUT2D eigenvalue weighted by Crippen LogP contribution is -2.21. The second-order valence-electron chi connectivity index (χ2n) is 6.66. The van der Waals surface area contributed by atoms with Gasteiger partial charge in [0.1, 0.15) is 4.87 Å². The first-order valence-electron chi connectivity index (χ1n) is 8.76. The van der Waals surface area contributed by atoms with E-state index >= 15 is 0 Å². The largest absolute Gasteiger partial charge is 0.361 e. The van der Waals surface area contributed by atoms with Crippen molar-refractivity contribution in [2.45, 2.75) is 4.87 Å². The molecule has 0 unspecified atom stereocenters. The van der Waals surface area contributed by atoms with Crippen molar-refractivity contribution in [1.29, 1.82) is 0 Å². The van der Waals surface area contributed by atoms with Gasteiger partial charge in [-0.1, -0.05) is 64.5 Å². The Bertz CT molecular complexity index is 1190. The molecule has 0 aliphatic heterocycles. The summed E-state index contributed by atoms with van der Waals surface area (Å²) < 4.78 is 1.00. The quantitative estimate of drug-likeness (QED) is 0.288. The van der Waals surface area contributed by atoms with Gasteiger partial charge in [-0.25, -0.2) is 0 Å². The van der Waals surface area contributed by atoms with E-state index in [-0.39, 0.29) is 0 Å². The minimum atomic E-state index is -0.830. The summed E-state index contributed by atoms with van der Waals surface area (Å²) in [6.07, 6.45) is 4.06. The minimum Gasteiger partial charge on any atom is -0.361 e. The van der Waals surface area contributed by atoms with E-state index in [4.69, 9.17) is 11.6 Å². The first kappa shape index (κ1) is 16.7. The van der Waals surface area contributed by atoms with Crippen molar-refractivity contribution < 1.29 is 0 Å². The SMILES string of the molecule is ClC(c1cccc(Br)c1)(c1c[nH]c2ccccc12)c1c[nH]c2ccccc12. The maximum Gasteiger partial charge on any atom is 0.124 e. The van der Waals surface area contributed by atoms with Gasteiger partial charge in [-0.15, -0.1) is 11.6 Å². The molecule has 132 valence electrons. The zero-order valence-electron chi connectivity index (χ0n) is 14.3. The lowest BCUT2D eigenvalue weighted by Gasteiger charge is -2.28. The van der Waals surface area contributed by atoms with Crippen molar-refractivity contribution >= 4 is 49.3 Å². The summed E-state index contributed by atoms with van der Waals surface area (Å²) in [5.74, 6) is 0. The number of hydrogen-bond acceptors (Lipinski definition) is 0. The van der Waals surface area contributed by atoms with Crippen LogP contribution >= 0.6 is 27.5 Å². The topological polar surface area (TPSA) is 31.6 Å². The maximum absolute atomic E-state index is 7.57. The molecule has 2 N–H and O–H groups in total. The predicted molar refractivity (Wildman–Crippen MR) is 116 cm³/mol. The Balaban J connectivity index is 1.88. The van der Waals surface area contributed by atoms with Crippen molar-refractivity contribution in [2.75, 3.05) is 0 Å². The van der Waals surface area contributed by atoms with E-state index in [2.05, 4.69) is 62.3 Å². The molecule has 4 heteroatoms. The zero-order valence-corrected chi connectivity index (χ0v) is 16.7. The van der Waals surface area contributed by atoms with Gasteiger partial charge in [-0.2, -0.15) is 0 Å². The highest BCUT2D eigenvalue weighted by Gasteiger charge is 2.38. The van der Waals surface area contributed by atoms with Crippen molar-refractivity contribution in [1.82, 2.24) is 9.97 Å². The summed E-state index contributed by atoms with van der Waals surface area (Å²) in [6, 6.07) is 24.8. The number of H-pyrrole nitrogens is 2. The van der Waals surface area contributed by atoms with E-state index < -0.39 is 4.87 Å². The molecule has 5 aromatic rings. The Kier molecular flexibility index (Phi) is 3.88. The molecular formula is C23H16BrClN2. The fourth-order valence-corrected chi connectivity index (χ4v) is 4.70. The van der Waals surface area contributed by atoms with E-state index in [1.165, 1.54) is 0 Å². The lowest BCUT2D eigenvalue weighted by molar-refractivity contribution is 0.897. The summed E-state index contributed by atoms with van der Waals surface area (Å²) in [4.78, 5) is 5.93. The third-order valence-corrected chi connectivity index (χ3v) is 6.26. The molecule has 0 aliphatic carbocycles. The normalized spacial score (nSPS) is 12.1. The van der Waals surface area contributed by atoms with Gasteiger partial charge >= 0.3 is 0 Å². The van der Waals surface area contributed by atoms with E-state index in [1.54, 1.807) is 0 Å². The molecule has 5 rings (SSSR count). The van der Waals surface area contributed by atoms with Crippen LogP contribution < -0.4 is 0 Å². The molecule has 0 saturated carbocycles. The first-order chi connectivity index (χ1) is 13.2. The van der Waals surface area contributed by atoms with Crippen LogP contribution in [0.4, 0.5) is 0 Å². The van der Waals surface area contributed by atoms with Gasteiger partial charge in [-0.05, 0) is 29.8 Å². The van der Waals surface area contributed by atoms with Crippen LogP contribution in [0.2, 0.25) is 0 Å². The fourth-order valence-electron chi connectivity index (χ4n) is 3.87. The van der Waals surface area contributed by atoms with Crippen molar-refractivity contribution in [2.24, 2.45) is 0 Å². The van der Waals surface area contributed by atoms with Crippen LogP contribution in [-0.2, 0) is 4.87 Å². The number of aromatic nitrogens is 2. The standard InChI is InChI=1S/C23H16BrClN2/c24-16-7-5-6-15(12-16)23(25,19-13-26-21-10-3-1-8-17(19)21)20-14-27-22-11-4-2-9-18(20)22/h1-14,26-27H. The van der Waals surface area contributed by atoms with Crippen LogP contribution in [0, 0.1) is 0 Å². The van der Waals surface area contributed by atoms with Crippen molar-refractivity contribution in [3.8, 4) is 0 Å². The summed E-state index contributed by atoms with van der Waals surface area (Å²) in [6.45, 7) is 0. The van der Waals surface area contributed by atoms with Gasteiger partial charge in [0.2, 0.25) is 0 Å². The maximum atomic E-state index is 7.57. The summed E-state index contributed by atoms with van der Waals surface area (Å²) in [5.41, 5.74) is 5.26. The summed E-state index contributed by atoms with van der Waals surface area (Å²) >= 11 is 11.2. The van der Waals surface area contributed by atoms with Gasteiger partial charge in [0.05, 0.1) is 0 Å². The lowest BCUT2D eigenvalue weighted by atomic mass is 9.84. The molecular weight excluding hydrogens is 420 g/mol. The van der Waals surface area contributed by atoms with Crippen LogP contribution in [0.5, 0.6) is 0 Å². The van der Waals surface area contributed by atoms with Gasteiger partial charge < -0.3 is 9.97 Å². The van der Waals surface area contributed by atoms with Gasteiger partial charge in [-0.3, -0.25) is 0 Å². The van der Waals surface area contributed by atoms with Gasteiger partial charge in [0.15, 0.2) is 0 Å². The summed E-state index contributed by atoms with van der Waals surface area (Å²) in [5, 5.41) is 2.25. The van der Waals surface area contributed by atoms with Gasteiger partial charge in [0, 0.05) is 49.8 Å². The number of para-hydroxylation sites is 2. The second kappa shape index (κ2) is 6.29. The number of benzene rings is 3. The van der Waals surface area contributed by atoms with E-state index in [1.807, 2.05) is 48.8 Å². The molecule has 0 fully saturated rings. The molecule has 2 heterocycles. The molecule has 0 amide bonds. The van der Waals surface area contributed by atoms with E-state index in [0.29, 0.717) is 0 Å². The van der Waals surface area contributed by atoms with Crippen LogP contribution in [0.25, 0.3) is 21.8 Å². The molecule has 2 nitrogen and oxygen atoms in total. The van der Waals surface area contributed by atoms with Crippen LogP contribution in [-0.4, -0.2) is 9.97 Å². The van der Waals surface area contributed by atoms with E-state index in [9.17, 15) is 0 Å². The predicted octanol–water partition coefficient (Wildman–Crippen LogP) is 6.94. The second-order valence-corrected chi connectivity index (χ2v) is 8.15. The Morgan fingerprint density at radius 3 is 1.81 bits per heavy atom. The highest BCUT2D eigenvalue weighted by Crippen LogP contribution is 2.48. The zero-order chi connectivity index (χ0) is 18.4. The van der Waals surface area contributed by atoms with Crippen LogP contribution in [0.15, 0.2) is 89.7 Å². The molecule has 0 saturated heterocycles. The Hall–Kier alpha value is -2.49. The Labute approximate surface area is 170 Å². The number of rotatable bonds is 3. The smallest absolute Gasteiger partial charge is 0.124 e. The Morgan fingerprint density at radius 2 is 1.26 bits per heavy atom. The highest BCUT2D eigenvalue weighted by molar-refractivity contribution is 9.10. The fraction of sp³-hybridized carbons (Fsp3) is 0.0435. The number of nitrogens with one attached hydrogen (secondary N) is 2. The third kappa shape index (κ3) is 2.53. The number of alkyl halides is 1. The highest BCUT2D eigenvalue weighted by atomic mass is 79.9. The number of halogens is 2. The van der Waals surface area contributed by atoms with Crippen molar-refractivity contribution in [3.63, 3.8) is 0 Å². The monoisotopic (exact) mass is 434 g/mol. The average molecular weight is 436 g/mol. The number of fused-ring (bicyclic) bond motifs is 2. The molecule has 0 bridgehead atoms. The Morgan fingerprint density at radius 1 is 0.704 bits per heavy atom. The molecule has 27 heavy (non-hydrogen) atoms. The first-order valence-corrected chi connectivity index (χ1v) is 9.93.